The second-order valence-electron chi connectivity index (χ2n) is 5.51. The molecule has 0 saturated carbocycles. The highest BCUT2D eigenvalue weighted by Crippen LogP contribution is 2.25. The summed E-state index contributed by atoms with van der Waals surface area (Å²) in [6.45, 7) is 9.24. The van der Waals surface area contributed by atoms with Crippen LogP contribution in [0.2, 0.25) is 0 Å². The molecule has 0 aliphatic rings. The van der Waals surface area contributed by atoms with Gasteiger partial charge in [0.15, 0.2) is 0 Å². The summed E-state index contributed by atoms with van der Waals surface area (Å²) in [6.07, 6.45) is 1.28. The van der Waals surface area contributed by atoms with E-state index in [9.17, 15) is 5.11 Å². The van der Waals surface area contributed by atoms with E-state index in [2.05, 4.69) is 30.7 Å². The largest absolute Gasteiger partial charge is 0.389 e. The van der Waals surface area contributed by atoms with Gasteiger partial charge < -0.3 is 10.0 Å². The molecule has 1 N–H and O–H groups in total. The average Bonchev–Trinajstić information content (AvgIpc) is 2.15. The molecule has 0 aliphatic heterocycles. The first-order valence-electron chi connectivity index (χ1n) is 5.65. The summed E-state index contributed by atoms with van der Waals surface area (Å²) in [6, 6.07) is 3.78. The zero-order chi connectivity index (χ0) is 12.3. The Bertz CT molecular complexity index is 342. The average molecular weight is 222 g/mol. The maximum absolute atomic E-state index is 9.69. The van der Waals surface area contributed by atoms with E-state index < -0.39 is 6.10 Å². The number of hydrogen-bond donors (Lipinski definition) is 1. The van der Waals surface area contributed by atoms with Crippen LogP contribution in [0.4, 0.5) is 5.82 Å². The van der Waals surface area contributed by atoms with Crippen LogP contribution in [0, 0.1) is 5.41 Å². The highest BCUT2D eigenvalue weighted by atomic mass is 16.3. The van der Waals surface area contributed by atoms with Crippen LogP contribution in [0.3, 0.4) is 0 Å². The van der Waals surface area contributed by atoms with Crippen LogP contribution in [0.15, 0.2) is 18.3 Å². The fraction of sp³-hybridized carbons (Fsp3) is 0.615. The first-order chi connectivity index (χ1) is 7.31. The Kier molecular flexibility index (Phi) is 3.92. The number of hydrogen-bond acceptors (Lipinski definition) is 3. The molecule has 0 bridgehead atoms. The predicted molar refractivity (Wildman–Crippen MR) is 67.6 cm³/mol. The Morgan fingerprint density at radius 3 is 2.56 bits per heavy atom. The molecule has 16 heavy (non-hydrogen) atoms. The minimum atomic E-state index is -0.480. The molecule has 0 radical (unpaired) electrons. The third-order valence-electron chi connectivity index (χ3n) is 2.34. The zero-order valence-electron chi connectivity index (χ0n) is 10.9. The lowest BCUT2D eigenvalue weighted by Crippen LogP contribution is -2.30. The molecule has 0 fully saturated rings. The van der Waals surface area contributed by atoms with E-state index in [0.29, 0.717) is 0 Å². The van der Waals surface area contributed by atoms with E-state index in [1.807, 2.05) is 19.2 Å². The van der Waals surface area contributed by atoms with Crippen molar-refractivity contribution in [2.75, 3.05) is 18.5 Å². The highest BCUT2D eigenvalue weighted by Gasteiger charge is 2.18. The molecule has 0 amide bonds. The van der Waals surface area contributed by atoms with Gasteiger partial charge in [-0.1, -0.05) is 26.8 Å². The molecular weight excluding hydrogens is 200 g/mol. The molecule has 1 aromatic rings. The third-order valence-corrected chi connectivity index (χ3v) is 2.34. The summed E-state index contributed by atoms with van der Waals surface area (Å²) < 4.78 is 0. The van der Waals surface area contributed by atoms with Crippen LogP contribution in [-0.4, -0.2) is 23.7 Å². The molecule has 0 aromatic carbocycles. The fourth-order valence-electron chi connectivity index (χ4n) is 1.84. The Morgan fingerprint density at radius 1 is 1.44 bits per heavy atom. The maximum Gasteiger partial charge on any atom is 0.134 e. The Morgan fingerprint density at radius 2 is 2.06 bits per heavy atom. The van der Waals surface area contributed by atoms with Crippen LogP contribution in [0.25, 0.3) is 0 Å². The van der Waals surface area contributed by atoms with Crippen LogP contribution in [-0.2, 0) is 0 Å². The first-order valence-corrected chi connectivity index (χ1v) is 5.65. The van der Waals surface area contributed by atoms with E-state index in [1.54, 1.807) is 13.1 Å². The van der Waals surface area contributed by atoms with Gasteiger partial charge in [-0.2, -0.15) is 0 Å². The smallest absolute Gasteiger partial charge is 0.134 e. The molecule has 90 valence electrons. The fourth-order valence-corrected chi connectivity index (χ4v) is 1.84. The van der Waals surface area contributed by atoms with E-state index in [0.717, 1.165) is 17.9 Å². The number of nitrogens with zero attached hydrogens (tertiary/aromatic N) is 2. The molecule has 0 aliphatic carbocycles. The monoisotopic (exact) mass is 222 g/mol. The number of pyridine rings is 1. The molecule has 0 saturated heterocycles. The second-order valence-corrected chi connectivity index (χ2v) is 5.51. The van der Waals surface area contributed by atoms with Crippen molar-refractivity contribution < 1.29 is 5.11 Å². The Hall–Kier alpha value is -1.09. The van der Waals surface area contributed by atoms with Gasteiger partial charge >= 0.3 is 0 Å². The molecule has 3 heteroatoms. The van der Waals surface area contributed by atoms with Gasteiger partial charge in [-0.3, -0.25) is 0 Å². The molecule has 1 aromatic heterocycles. The normalized spacial score (nSPS) is 13.6. The summed E-state index contributed by atoms with van der Waals surface area (Å²) >= 11 is 0. The first kappa shape index (κ1) is 13.0. The predicted octanol–water partition coefficient (Wildman–Crippen LogP) is 2.62. The highest BCUT2D eigenvalue weighted by molar-refractivity contribution is 5.47. The van der Waals surface area contributed by atoms with Gasteiger partial charge in [0.1, 0.15) is 5.82 Å². The van der Waals surface area contributed by atoms with Gasteiger partial charge in [0.05, 0.1) is 6.10 Å². The number of aliphatic hydroxyl groups excluding tert-OH is 1. The summed E-state index contributed by atoms with van der Waals surface area (Å²) in [5.74, 6) is 0.868. The molecule has 3 nitrogen and oxygen atoms in total. The van der Waals surface area contributed by atoms with Crippen molar-refractivity contribution in [2.45, 2.75) is 33.8 Å². The second kappa shape index (κ2) is 4.83. The van der Waals surface area contributed by atoms with Crippen molar-refractivity contribution >= 4 is 5.82 Å². The van der Waals surface area contributed by atoms with Crippen LogP contribution in [0.1, 0.15) is 39.4 Å². The van der Waals surface area contributed by atoms with Crippen molar-refractivity contribution in [2.24, 2.45) is 5.41 Å². The van der Waals surface area contributed by atoms with E-state index in [-0.39, 0.29) is 5.41 Å². The van der Waals surface area contributed by atoms with E-state index in [4.69, 9.17) is 0 Å². The van der Waals surface area contributed by atoms with E-state index >= 15 is 0 Å². The van der Waals surface area contributed by atoms with Gasteiger partial charge in [0, 0.05) is 25.4 Å². The van der Waals surface area contributed by atoms with Gasteiger partial charge in [0.2, 0.25) is 0 Å². The maximum atomic E-state index is 9.69. The molecule has 1 atom stereocenters. The molecule has 0 spiro atoms. The Labute approximate surface area is 98.1 Å². The van der Waals surface area contributed by atoms with Gasteiger partial charge in [-0.15, -0.1) is 0 Å². The van der Waals surface area contributed by atoms with Crippen molar-refractivity contribution in [3.05, 3.63) is 23.9 Å². The zero-order valence-corrected chi connectivity index (χ0v) is 10.9. The topological polar surface area (TPSA) is 36.4 Å². The van der Waals surface area contributed by atoms with Crippen LogP contribution >= 0.6 is 0 Å². The van der Waals surface area contributed by atoms with Crippen LogP contribution in [0.5, 0.6) is 0 Å². The standard InChI is InChI=1S/C13H22N2O/c1-10(16)11-7-6-8-14-12(11)15(5)9-13(2,3)4/h6-8,10,16H,9H2,1-5H3. The quantitative estimate of drug-likeness (QED) is 0.854. The number of anilines is 1. The molecular formula is C13H22N2O. The summed E-state index contributed by atoms with van der Waals surface area (Å²) in [5, 5.41) is 9.69. The lowest BCUT2D eigenvalue weighted by Gasteiger charge is -2.29. The van der Waals surface area contributed by atoms with Crippen LogP contribution < -0.4 is 4.90 Å². The van der Waals surface area contributed by atoms with Crippen molar-refractivity contribution in [3.8, 4) is 0 Å². The van der Waals surface area contributed by atoms with Gasteiger partial charge in [0.25, 0.3) is 0 Å². The van der Waals surface area contributed by atoms with Crippen molar-refractivity contribution in [3.63, 3.8) is 0 Å². The third kappa shape index (κ3) is 3.49. The van der Waals surface area contributed by atoms with Gasteiger partial charge in [-0.25, -0.2) is 4.98 Å². The molecule has 1 unspecified atom stereocenters. The Balaban J connectivity index is 2.95. The number of rotatable bonds is 3. The lowest BCUT2D eigenvalue weighted by atomic mass is 9.96. The minimum absolute atomic E-state index is 0.211. The number of aromatic nitrogens is 1. The minimum Gasteiger partial charge on any atom is -0.389 e. The molecule has 1 heterocycles. The van der Waals surface area contributed by atoms with E-state index in [1.165, 1.54) is 0 Å². The SMILES string of the molecule is CC(O)c1cccnc1N(C)CC(C)(C)C. The van der Waals surface area contributed by atoms with Crippen molar-refractivity contribution in [1.29, 1.82) is 0 Å². The van der Waals surface area contributed by atoms with Crippen molar-refractivity contribution in [1.82, 2.24) is 4.98 Å². The summed E-state index contributed by atoms with van der Waals surface area (Å²) in [4.78, 5) is 6.45. The lowest BCUT2D eigenvalue weighted by molar-refractivity contribution is 0.199. The van der Waals surface area contributed by atoms with Gasteiger partial charge in [-0.05, 0) is 18.4 Å². The number of aliphatic hydroxyl groups is 1. The summed E-state index contributed by atoms with van der Waals surface area (Å²) in [7, 11) is 2.01. The summed E-state index contributed by atoms with van der Waals surface area (Å²) in [5.41, 5.74) is 1.09. The molecule has 1 rings (SSSR count).